The van der Waals surface area contributed by atoms with E-state index >= 15 is 0 Å². The van der Waals surface area contributed by atoms with Crippen LogP contribution < -0.4 is 4.74 Å². The van der Waals surface area contributed by atoms with Gasteiger partial charge < -0.3 is 9.15 Å². The van der Waals surface area contributed by atoms with E-state index in [4.69, 9.17) is 9.15 Å². The van der Waals surface area contributed by atoms with E-state index in [1.54, 1.807) is 6.26 Å². The predicted molar refractivity (Wildman–Crippen MR) is 70.7 cm³/mol. The fourth-order valence-corrected chi connectivity index (χ4v) is 1.78. The third-order valence-electron chi connectivity index (χ3n) is 2.62. The maximum atomic E-state index is 5.78. The first kappa shape index (κ1) is 10.7. The average molecular weight is 236 g/mol. The van der Waals surface area contributed by atoms with Crippen LogP contribution in [0, 0.1) is 0 Å². The summed E-state index contributed by atoms with van der Waals surface area (Å²) in [4.78, 5) is 0. The number of benzene rings is 2. The fraction of sp³-hybridized carbons (Fsp3) is 0. The normalized spacial score (nSPS) is 10.2. The van der Waals surface area contributed by atoms with E-state index < -0.39 is 0 Å². The summed E-state index contributed by atoms with van der Waals surface area (Å²) in [5, 5.41) is 0. The highest BCUT2D eigenvalue weighted by molar-refractivity contribution is 5.59. The van der Waals surface area contributed by atoms with Crippen molar-refractivity contribution in [3.8, 4) is 22.8 Å². The van der Waals surface area contributed by atoms with Gasteiger partial charge in [0.25, 0.3) is 0 Å². The third kappa shape index (κ3) is 2.28. The molecule has 0 aliphatic heterocycles. The average Bonchev–Trinajstić information content (AvgIpc) is 2.94. The molecule has 0 bridgehead atoms. The number of rotatable bonds is 3. The van der Waals surface area contributed by atoms with Gasteiger partial charge in [0.2, 0.25) is 0 Å². The van der Waals surface area contributed by atoms with Crippen LogP contribution in [0.15, 0.2) is 77.4 Å². The number of para-hydroxylation sites is 1. The molecule has 0 atom stereocenters. The van der Waals surface area contributed by atoms with Crippen molar-refractivity contribution in [3.05, 3.63) is 73.0 Å². The first-order chi connectivity index (χ1) is 8.92. The number of furan rings is 1. The van der Waals surface area contributed by atoms with Crippen LogP contribution in [0.25, 0.3) is 11.3 Å². The zero-order chi connectivity index (χ0) is 12.2. The molecule has 3 rings (SSSR count). The van der Waals surface area contributed by atoms with Crippen molar-refractivity contribution in [1.82, 2.24) is 0 Å². The molecule has 0 aliphatic rings. The van der Waals surface area contributed by atoms with Gasteiger partial charge in [-0.2, -0.15) is 0 Å². The van der Waals surface area contributed by atoms with Crippen LogP contribution in [0.4, 0.5) is 0 Å². The van der Waals surface area contributed by atoms with Crippen LogP contribution in [-0.4, -0.2) is 0 Å². The van der Waals surface area contributed by atoms with Gasteiger partial charge in [-0.25, -0.2) is 0 Å². The molecule has 2 nitrogen and oxygen atoms in total. The minimum absolute atomic E-state index is 0.801. The van der Waals surface area contributed by atoms with Crippen molar-refractivity contribution >= 4 is 0 Å². The molecule has 88 valence electrons. The van der Waals surface area contributed by atoms with Gasteiger partial charge in [0, 0.05) is 5.56 Å². The molecule has 2 aromatic carbocycles. The molecular weight excluding hydrogens is 224 g/mol. The maximum absolute atomic E-state index is 5.78. The molecule has 0 unspecified atom stereocenters. The van der Waals surface area contributed by atoms with Crippen molar-refractivity contribution in [2.45, 2.75) is 0 Å². The van der Waals surface area contributed by atoms with Gasteiger partial charge in [-0.1, -0.05) is 30.3 Å². The molecule has 1 aromatic heterocycles. The molecule has 18 heavy (non-hydrogen) atoms. The SMILES string of the molecule is c1ccc(Oc2cccc(-c3ccco3)c2)cc1. The van der Waals surface area contributed by atoms with E-state index in [-0.39, 0.29) is 0 Å². The number of hydrogen-bond acceptors (Lipinski definition) is 2. The van der Waals surface area contributed by atoms with Gasteiger partial charge in [-0.15, -0.1) is 0 Å². The van der Waals surface area contributed by atoms with Crippen LogP contribution in [0.2, 0.25) is 0 Å². The van der Waals surface area contributed by atoms with Crippen LogP contribution >= 0.6 is 0 Å². The van der Waals surface area contributed by atoms with Crippen molar-refractivity contribution in [2.24, 2.45) is 0 Å². The van der Waals surface area contributed by atoms with Crippen molar-refractivity contribution in [1.29, 1.82) is 0 Å². The summed E-state index contributed by atoms with van der Waals surface area (Å²) in [6, 6.07) is 21.4. The summed E-state index contributed by atoms with van der Waals surface area (Å²) in [6.07, 6.45) is 1.67. The fourth-order valence-electron chi connectivity index (χ4n) is 1.78. The van der Waals surface area contributed by atoms with Gasteiger partial charge in [0.15, 0.2) is 0 Å². The number of ether oxygens (including phenoxy) is 1. The van der Waals surface area contributed by atoms with E-state index in [9.17, 15) is 0 Å². The van der Waals surface area contributed by atoms with E-state index in [1.165, 1.54) is 0 Å². The Morgan fingerprint density at radius 2 is 1.56 bits per heavy atom. The second-order valence-corrected chi connectivity index (χ2v) is 3.92. The van der Waals surface area contributed by atoms with Gasteiger partial charge >= 0.3 is 0 Å². The molecule has 0 spiro atoms. The Bertz CT molecular complexity index is 613. The van der Waals surface area contributed by atoms with Crippen LogP contribution in [0.3, 0.4) is 0 Å². The third-order valence-corrected chi connectivity index (χ3v) is 2.62. The molecule has 0 radical (unpaired) electrons. The molecule has 0 fully saturated rings. The van der Waals surface area contributed by atoms with Crippen LogP contribution in [-0.2, 0) is 0 Å². The monoisotopic (exact) mass is 236 g/mol. The van der Waals surface area contributed by atoms with Gasteiger partial charge in [0.05, 0.1) is 6.26 Å². The summed E-state index contributed by atoms with van der Waals surface area (Å²) in [5.41, 5.74) is 1.01. The largest absolute Gasteiger partial charge is 0.464 e. The summed E-state index contributed by atoms with van der Waals surface area (Å²) in [6.45, 7) is 0. The predicted octanol–water partition coefficient (Wildman–Crippen LogP) is 4.74. The first-order valence-electron chi connectivity index (χ1n) is 5.79. The lowest BCUT2D eigenvalue weighted by molar-refractivity contribution is 0.482. The lowest BCUT2D eigenvalue weighted by Crippen LogP contribution is -1.84. The Kier molecular flexibility index (Phi) is 2.84. The van der Waals surface area contributed by atoms with Gasteiger partial charge in [-0.3, -0.25) is 0 Å². The van der Waals surface area contributed by atoms with Crippen LogP contribution in [0.1, 0.15) is 0 Å². The molecular formula is C16H12O2. The first-order valence-corrected chi connectivity index (χ1v) is 5.79. The standard InChI is InChI=1S/C16H12O2/c1-2-7-14(8-3-1)18-15-9-4-6-13(12-15)16-10-5-11-17-16/h1-12H. The lowest BCUT2D eigenvalue weighted by atomic mass is 10.1. The molecule has 0 aliphatic carbocycles. The molecule has 0 N–H and O–H groups in total. The van der Waals surface area contributed by atoms with E-state index in [2.05, 4.69) is 0 Å². The summed E-state index contributed by atoms with van der Waals surface area (Å²) in [5.74, 6) is 2.47. The van der Waals surface area contributed by atoms with Gasteiger partial charge in [-0.05, 0) is 36.4 Å². The Morgan fingerprint density at radius 3 is 2.33 bits per heavy atom. The molecule has 0 saturated heterocycles. The molecule has 0 saturated carbocycles. The number of hydrogen-bond donors (Lipinski definition) is 0. The summed E-state index contributed by atoms with van der Waals surface area (Å²) in [7, 11) is 0. The Hall–Kier alpha value is -2.48. The molecule has 3 aromatic rings. The molecule has 1 heterocycles. The quantitative estimate of drug-likeness (QED) is 0.655. The maximum Gasteiger partial charge on any atom is 0.133 e. The minimum atomic E-state index is 0.801. The Morgan fingerprint density at radius 1 is 0.722 bits per heavy atom. The zero-order valence-corrected chi connectivity index (χ0v) is 9.74. The highest BCUT2D eigenvalue weighted by Gasteiger charge is 2.02. The molecule has 2 heteroatoms. The lowest BCUT2D eigenvalue weighted by Gasteiger charge is -2.06. The van der Waals surface area contributed by atoms with Crippen molar-refractivity contribution in [2.75, 3.05) is 0 Å². The summed E-state index contributed by atoms with van der Waals surface area (Å²) >= 11 is 0. The van der Waals surface area contributed by atoms with Gasteiger partial charge in [0.1, 0.15) is 17.3 Å². The van der Waals surface area contributed by atoms with E-state index in [0.29, 0.717) is 0 Å². The van der Waals surface area contributed by atoms with E-state index in [1.807, 2.05) is 66.7 Å². The van der Waals surface area contributed by atoms with E-state index in [0.717, 1.165) is 22.8 Å². The van der Waals surface area contributed by atoms with Crippen molar-refractivity contribution < 1.29 is 9.15 Å². The smallest absolute Gasteiger partial charge is 0.133 e. The Labute approximate surface area is 105 Å². The highest BCUT2D eigenvalue weighted by Crippen LogP contribution is 2.27. The minimum Gasteiger partial charge on any atom is -0.464 e. The zero-order valence-electron chi connectivity index (χ0n) is 9.74. The van der Waals surface area contributed by atoms with Crippen LogP contribution in [0.5, 0.6) is 11.5 Å². The van der Waals surface area contributed by atoms with Crippen molar-refractivity contribution in [3.63, 3.8) is 0 Å². The second-order valence-electron chi connectivity index (χ2n) is 3.92. The highest BCUT2D eigenvalue weighted by atomic mass is 16.5. The topological polar surface area (TPSA) is 22.4 Å². The summed E-state index contributed by atoms with van der Waals surface area (Å²) < 4.78 is 11.1. The molecule has 0 amide bonds. The Balaban J connectivity index is 1.88. The second kappa shape index (κ2) is 4.80.